The van der Waals surface area contributed by atoms with Gasteiger partial charge in [0.1, 0.15) is 5.82 Å². The predicted molar refractivity (Wildman–Crippen MR) is 69.3 cm³/mol. The van der Waals surface area contributed by atoms with Gasteiger partial charge in [-0.2, -0.15) is 0 Å². The molecule has 4 heteroatoms. The Bertz CT molecular complexity index is 378. The van der Waals surface area contributed by atoms with Gasteiger partial charge >= 0.3 is 0 Å². The van der Waals surface area contributed by atoms with E-state index in [1.165, 1.54) is 12.1 Å². The van der Waals surface area contributed by atoms with Gasteiger partial charge in [0, 0.05) is 10.9 Å². The quantitative estimate of drug-likeness (QED) is 0.878. The SMILES string of the molecule is CCC(O)(CC)C(O)Cc1ccc(F)cc1Br. The summed E-state index contributed by atoms with van der Waals surface area (Å²) in [6.45, 7) is 3.68. The first kappa shape index (κ1) is 14.6. The van der Waals surface area contributed by atoms with Crippen LogP contribution in [0.15, 0.2) is 22.7 Å². The zero-order valence-electron chi connectivity index (χ0n) is 10.1. The van der Waals surface area contributed by atoms with Gasteiger partial charge in [-0.05, 0) is 30.5 Å². The molecule has 0 heterocycles. The van der Waals surface area contributed by atoms with Crippen LogP contribution in [0, 0.1) is 5.82 Å². The van der Waals surface area contributed by atoms with E-state index in [2.05, 4.69) is 15.9 Å². The molecule has 17 heavy (non-hydrogen) atoms. The average Bonchev–Trinajstić information content (AvgIpc) is 2.31. The lowest BCUT2D eigenvalue weighted by atomic mass is 9.87. The van der Waals surface area contributed by atoms with Crippen LogP contribution in [0.2, 0.25) is 0 Å². The molecule has 1 aromatic rings. The van der Waals surface area contributed by atoms with Crippen LogP contribution in [0.3, 0.4) is 0 Å². The minimum absolute atomic E-state index is 0.305. The first-order chi connectivity index (χ1) is 7.92. The van der Waals surface area contributed by atoms with E-state index in [1.807, 2.05) is 13.8 Å². The fourth-order valence-electron chi connectivity index (χ4n) is 1.81. The summed E-state index contributed by atoms with van der Waals surface area (Å²) in [5.74, 6) is -0.323. The Hall–Kier alpha value is -0.450. The normalized spacial score (nSPS) is 13.8. The Morgan fingerprint density at radius 1 is 1.35 bits per heavy atom. The maximum atomic E-state index is 12.9. The average molecular weight is 305 g/mol. The second kappa shape index (κ2) is 5.94. The Morgan fingerprint density at radius 3 is 2.41 bits per heavy atom. The van der Waals surface area contributed by atoms with E-state index >= 15 is 0 Å². The van der Waals surface area contributed by atoms with Crippen LogP contribution in [0.4, 0.5) is 4.39 Å². The summed E-state index contributed by atoms with van der Waals surface area (Å²) in [5, 5.41) is 20.2. The lowest BCUT2D eigenvalue weighted by molar-refractivity contribution is -0.0790. The zero-order valence-corrected chi connectivity index (χ0v) is 11.7. The van der Waals surface area contributed by atoms with Crippen LogP contribution in [-0.2, 0) is 6.42 Å². The van der Waals surface area contributed by atoms with Gasteiger partial charge in [-0.1, -0.05) is 35.8 Å². The van der Waals surface area contributed by atoms with Crippen molar-refractivity contribution >= 4 is 15.9 Å². The molecule has 2 N–H and O–H groups in total. The molecular weight excluding hydrogens is 287 g/mol. The highest BCUT2D eigenvalue weighted by molar-refractivity contribution is 9.10. The van der Waals surface area contributed by atoms with E-state index in [-0.39, 0.29) is 5.82 Å². The number of halogens is 2. The Labute approximate surface area is 110 Å². The van der Waals surface area contributed by atoms with Crippen molar-refractivity contribution in [2.45, 2.75) is 44.8 Å². The fraction of sp³-hybridized carbons (Fsp3) is 0.538. The van der Waals surface area contributed by atoms with Gasteiger partial charge in [0.25, 0.3) is 0 Å². The summed E-state index contributed by atoms with van der Waals surface area (Å²) < 4.78 is 13.5. The summed E-state index contributed by atoms with van der Waals surface area (Å²) in [5.41, 5.74) is -0.285. The maximum absolute atomic E-state index is 12.9. The molecule has 0 bridgehead atoms. The highest BCUT2D eigenvalue weighted by Crippen LogP contribution is 2.26. The summed E-state index contributed by atoms with van der Waals surface area (Å²) in [6.07, 6.45) is 0.436. The van der Waals surface area contributed by atoms with Crippen LogP contribution in [-0.4, -0.2) is 21.9 Å². The molecule has 0 amide bonds. The number of rotatable bonds is 5. The summed E-state index contributed by atoms with van der Waals surface area (Å²) in [7, 11) is 0. The molecule has 0 aliphatic heterocycles. The van der Waals surface area contributed by atoms with Crippen molar-refractivity contribution in [1.29, 1.82) is 0 Å². The number of aliphatic hydroxyl groups excluding tert-OH is 1. The molecule has 2 nitrogen and oxygen atoms in total. The summed E-state index contributed by atoms with van der Waals surface area (Å²) in [6, 6.07) is 4.33. The Balaban J connectivity index is 2.84. The number of aliphatic hydroxyl groups is 2. The van der Waals surface area contributed by atoms with E-state index in [9.17, 15) is 14.6 Å². The van der Waals surface area contributed by atoms with Crippen LogP contribution >= 0.6 is 15.9 Å². The molecule has 1 unspecified atom stereocenters. The monoisotopic (exact) mass is 304 g/mol. The van der Waals surface area contributed by atoms with Gasteiger partial charge in [-0.25, -0.2) is 4.39 Å². The molecule has 0 radical (unpaired) electrons. The van der Waals surface area contributed by atoms with Gasteiger partial charge in [0.05, 0.1) is 11.7 Å². The molecule has 1 rings (SSSR count). The summed E-state index contributed by atoms with van der Waals surface area (Å²) in [4.78, 5) is 0. The molecule has 1 aromatic carbocycles. The van der Waals surface area contributed by atoms with Crippen LogP contribution in [0.25, 0.3) is 0 Å². The standard InChI is InChI=1S/C13H18BrFO2/c1-3-13(17,4-2)12(16)7-9-5-6-10(15)8-11(9)14/h5-6,8,12,16-17H,3-4,7H2,1-2H3. The van der Waals surface area contributed by atoms with Crippen molar-refractivity contribution in [3.05, 3.63) is 34.1 Å². The molecule has 0 spiro atoms. The number of hydrogen-bond donors (Lipinski definition) is 2. The maximum Gasteiger partial charge on any atom is 0.124 e. The molecule has 0 aromatic heterocycles. The van der Waals surface area contributed by atoms with E-state index in [0.29, 0.717) is 23.7 Å². The van der Waals surface area contributed by atoms with E-state index in [1.54, 1.807) is 6.07 Å². The topological polar surface area (TPSA) is 40.5 Å². The third kappa shape index (κ3) is 3.50. The molecule has 0 fully saturated rings. The number of hydrogen-bond acceptors (Lipinski definition) is 2. The van der Waals surface area contributed by atoms with E-state index in [4.69, 9.17) is 0 Å². The third-order valence-corrected chi connectivity index (χ3v) is 4.01. The van der Waals surface area contributed by atoms with Crippen molar-refractivity contribution < 1.29 is 14.6 Å². The van der Waals surface area contributed by atoms with Gasteiger partial charge in [0.2, 0.25) is 0 Å². The van der Waals surface area contributed by atoms with E-state index < -0.39 is 11.7 Å². The summed E-state index contributed by atoms with van der Waals surface area (Å²) >= 11 is 3.25. The molecule has 0 aliphatic rings. The minimum Gasteiger partial charge on any atom is -0.390 e. The highest BCUT2D eigenvalue weighted by atomic mass is 79.9. The first-order valence-electron chi connectivity index (χ1n) is 5.77. The fourth-order valence-corrected chi connectivity index (χ4v) is 2.32. The van der Waals surface area contributed by atoms with Gasteiger partial charge in [-0.3, -0.25) is 0 Å². The van der Waals surface area contributed by atoms with Crippen LogP contribution in [0.5, 0.6) is 0 Å². The smallest absolute Gasteiger partial charge is 0.124 e. The third-order valence-electron chi connectivity index (χ3n) is 3.27. The molecule has 0 saturated heterocycles. The second-order valence-electron chi connectivity index (χ2n) is 4.27. The molecule has 96 valence electrons. The van der Waals surface area contributed by atoms with Crippen molar-refractivity contribution in [3.63, 3.8) is 0 Å². The molecule has 0 saturated carbocycles. The van der Waals surface area contributed by atoms with Gasteiger partial charge in [0.15, 0.2) is 0 Å². The lowest BCUT2D eigenvalue weighted by Crippen LogP contribution is -2.42. The van der Waals surface area contributed by atoms with Crippen molar-refractivity contribution in [2.75, 3.05) is 0 Å². The zero-order chi connectivity index (χ0) is 13.1. The molecular formula is C13H18BrFO2. The van der Waals surface area contributed by atoms with Gasteiger partial charge in [-0.15, -0.1) is 0 Å². The lowest BCUT2D eigenvalue weighted by Gasteiger charge is -2.31. The van der Waals surface area contributed by atoms with Crippen LogP contribution < -0.4 is 0 Å². The van der Waals surface area contributed by atoms with Crippen LogP contribution in [0.1, 0.15) is 32.3 Å². The Morgan fingerprint density at radius 2 is 1.94 bits per heavy atom. The van der Waals surface area contributed by atoms with Gasteiger partial charge < -0.3 is 10.2 Å². The Kier molecular flexibility index (Phi) is 5.10. The largest absolute Gasteiger partial charge is 0.390 e. The number of benzene rings is 1. The molecule has 0 aliphatic carbocycles. The predicted octanol–water partition coefficient (Wildman–Crippen LogP) is 3.04. The molecule has 1 atom stereocenters. The first-order valence-corrected chi connectivity index (χ1v) is 6.56. The van der Waals surface area contributed by atoms with E-state index in [0.717, 1.165) is 5.56 Å². The second-order valence-corrected chi connectivity index (χ2v) is 5.12. The van der Waals surface area contributed by atoms with Crippen molar-refractivity contribution in [2.24, 2.45) is 0 Å². The van der Waals surface area contributed by atoms with Crippen molar-refractivity contribution in [3.8, 4) is 0 Å². The highest BCUT2D eigenvalue weighted by Gasteiger charge is 2.32. The minimum atomic E-state index is -1.08. The van der Waals surface area contributed by atoms with Crippen molar-refractivity contribution in [1.82, 2.24) is 0 Å².